The molecule has 1 aromatic carbocycles. The summed E-state index contributed by atoms with van der Waals surface area (Å²) >= 11 is 3.53. The SMILES string of the molecule is CC(C)(C)c1ccc(OCCCC(=O)N2CCC(CNC(=O)C(F)(F)F)CC2)c(Br)c1. The summed E-state index contributed by atoms with van der Waals surface area (Å²) in [4.78, 5) is 25.0. The summed E-state index contributed by atoms with van der Waals surface area (Å²) in [5, 5.41) is 1.92. The second-order valence-corrected chi connectivity index (χ2v) is 9.73. The Bertz CT molecular complexity index is 770. The Labute approximate surface area is 189 Å². The molecular formula is C22H30BrF3N2O3. The Morgan fingerprint density at radius 3 is 2.39 bits per heavy atom. The van der Waals surface area contributed by atoms with Crippen LogP contribution in [0.15, 0.2) is 22.7 Å². The normalized spacial score (nSPS) is 15.6. The molecule has 9 heteroatoms. The highest BCUT2D eigenvalue weighted by Gasteiger charge is 2.38. The van der Waals surface area contributed by atoms with Gasteiger partial charge in [-0.3, -0.25) is 9.59 Å². The van der Waals surface area contributed by atoms with Crippen LogP contribution in [0.4, 0.5) is 13.2 Å². The van der Waals surface area contributed by atoms with Crippen molar-refractivity contribution in [3.05, 3.63) is 28.2 Å². The number of amides is 2. The zero-order valence-electron chi connectivity index (χ0n) is 18.2. The predicted molar refractivity (Wildman–Crippen MR) is 116 cm³/mol. The van der Waals surface area contributed by atoms with Gasteiger partial charge in [-0.2, -0.15) is 13.2 Å². The standard InChI is InChI=1S/C22H30BrF3N2O3/c1-21(2,3)16-6-7-18(17(23)13-16)31-12-4-5-19(29)28-10-8-15(9-11-28)14-27-20(30)22(24,25)26/h6-7,13,15H,4-5,8-12,14H2,1-3H3,(H,27,30). The van der Waals surface area contributed by atoms with E-state index in [0.717, 1.165) is 10.2 Å². The average molecular weight is 507 g/mol. The molecule has 0 unspecified atom stereocenters. The van der Waals surface area contributed by atoms with E-state index in [9.17, 15) is 22.8 Å². The summed E-state index contributed by atoms with van der Waals surface area (Å²) in [7, 11) is 0. The lowest BCUT2D eigenvalue weighted by molar-refractivity contribution is -0.173. The molecule has 174 valence electrons. The molecule has 1 aliphatic heterocycles. The van der Waals surface area contributed by atoms with Crippen molar-refractivity contribution in [1.82, 2.24) is 10.2 Å². The molecular weight excluding hydrogens is 477 g/mol. The maximum absolute atomic E-state index is 12.4. The Morgan fingerprint density at radius 1 is 1.19 bits per heavy atom. The molecule has 2 rings (SSSR count). The highest BCUT2D eigenvalue weighted by Crippen LogP contribution is 2.31. The summed E-state index contributed by atoms with van der Waals surface area (Å²) in [5.41, 5.74) is 1.24. The van der Waals surface area contributed by atoms with Crippen molar-refractivity contribution in [2.24, 2.45) is 5.92 Å². The van der Waals surface area contributed by atoms with Gasteiger partial charge in [0.05, 0.1) is 11.1 Å². The second kappa shape index (κ2) is 10.7. The lowest BCUT2D eigenvalue weighted by atomic mass is 9.87. The predicted octanol–water partition coefficient (Wildman–Crippen LogP) is 4.82. The molecule has 1 aliphatic rings. The van der Waals surface area contributed by atoms with Gasteiger partial charge in [0, 0.05) is 26.1 Å². The number of halogens is 4. The number of carbonyl (C=O) groups excluding carboxylic acids is 2. The number of likely N-dealkylation sites (tertiary alicyclic amines) is 1. The number of nitrogens with one attached hydrogen (secondary N) is 1. The molecule has 0 aliphatic carbocycles. The maximum Gasteiger partial charge on any atom is 0.471 e. The van der Waals surface area contributed by atoms with Crippen LogP contribution in [0.25, 0.3) is 0 Å². The number of rotatable bonds is 7. The van der Waals surface area contributed by atoms with Crippen LogP contribution in [0.3, 0.4) is 0 Å². The molecule has 1 saturated heterocycles. The summed E-state index contributed by atoms with van der Waals surface area (Å²) < 4.78 is 43.4. The number of benzene rings is 1. The fourth-order valence-electron chi connectivity index (χ4n) is 3.37. The van der Waals surface area contributed by atoms with Crippen molar-refractivity contribution in [1.29, 1.82) is 0 Å². The minimum absolute atomic E-state index is 0.0168. The van der Waals surface area contributed by atoms with Gasteiger partial charge in [0.2, 0.25) is 5.91 Å². The van der Waals surface area contributed by atoms with Gasteiger partial charge in [0.15, 0.2) is 0 Å². The van der Waals surface area contributed by atoms with E-state index in [2.05, 4.69) is 36.7 Å². The fourth-order valence-corrected chi connectivity index (χ4v) is 3.87. The van der Waals surface area contributed by atoms with Gasteiger partial charge in [0.1, 0.15) is 5.75 Å². The van der Waals surface area contributed by atoms with E-state index in [1.807, 2.05) is 23.5 Å². The quantitative estimate of drug-likeness (QED) is 0.539. The van der Waals surface area contributed by atoms with Gasteiger partial charge < -0.3 is 15.0 Å². The Hall–Kier alpha value is -1.77. The van der Waals surface area contributed by atoms with Crippen molar-refractivity contribution in [3.63, 3.8) is 0 Å². The molecule has 1 heterocycles. The van der Waals surface area contributed by atoms with E-state index in [1.165, 1.54) is 5.56 Å². The third-order valence-corrected chi connectivity index (χ3v) is 5.99. The van der Waals surface area contributed by atoms with E-state index in [0.29, 0.717) is 45.4 Å². The number of hydrogen-bond donors (Lipinski definition) is 1. The maximum atomic E-state index is 12.4. The summed E-state index contributed by atoms with van der Waals surface area (Å²) in [6.45, 7) is 7.81. The minimum Gasteiger partial charge on any atom is -0.492 e. The summed E-state index contributed by atoms with van der Waals surface area (Å²) in [5.74, 6) is -1.21. The molecule has 0 aromatic heterocycles. The van der Waals surface area contributed by atoms with E-state index in [4.69, 9.17) is 4.74 Å². The molecule has 1 N–H and O–H groups in total. The molecule has 0 saturated carbocycles. The first-order valence-electron chi connectivity index (χ1n) is 10.4. The van der Waals surface area contributed by atoms with E-state index in [1.54, 1.807) is 4.90 Å². The number of hydrogen-bond acceptors (Lipinski definition) is 3. The first-order chi connectivity index (χ1) is 14.4. The zero-order valence-corrected chi connectivity index (χ0v) is 19.7. The molecule has 5 nitrogen and oxygen atoms in total. The molecule has 0 atom stereocenters. The Balaban J connectivity index is 1.67. The third-order valence-electron chi connectivity index (χ3n) is 5.37. The first kappa shape index (κ1) is 25.5. The number of alkyl halides is 3. The Kier molecular flexibility index (Phi) is 8.80. The lowest BCUT2D eigenvalue weighted by Crippen LogP contribution is -2.44. The highest BCUT2D eigenvalue weighted by molar-refractivity contribution is 9.10. The number of nitrogens with zero attached hydrogens (tertiary/aromatic N) is 1. The van der Waals surface area contributed by atoms with E-state index in [-0.39, 0.29) is 23.8 Å². The van der Waals surface area contributed by atoms with Crippen LogP contribution < -0.4 is 10.1 Å². The van der Waals surface area contributed by atoms with Crippen LogP contribution in [-0.4, -0.2) is 49.1 Å². The van der Waals surface area contributed by atoms with Gasteiger partial charge in [-0.25, -0.2) is 0 Å². The lowest BCUT2D eigenvalue weighted by Gasteiger charge is -2.32. The van der Waals surface area contributed by atoms with Gasteiger partial charge in [0.25, 0.3) is 0 Å². The van der Waals surface area contributed by atoms with Crippen molar-refractivity contribution >= 4 is 27.7 Å². The van der Waals surface area contributed by atoms with Crippen molar-refractivity contribution in [2.45, 2.75) is 58.0 Å². The van der Waals surface area contributed by atoms with Gasteiger partial charge in [-0.15, -0.1) is 0 Å². The average Bonchev–Trinajstić information content (AvgIpc) is 2.69. The van der Waals surface area contributed by atoms with Gasteiger partial charge in [-0.05, 0) is 64.2 Å². The van der Waals surface area contributed by atoms with Gasteiger partial charge >= 0.3 is 12.1 Å². The number of ether oxygens (including phenoxy) is 1. The summed E-state index contributed by atoms with van der Waals surface area (Å²) in [6, 6.07) is 6.00. The van der Waals surface area contributed by atoms with Crippen LogP contribution in [0.1, 0.15) is 52.0 Å². The molecule has 0 radical (unpaired) electrons. The summed E-state index contributed by atoms with van der Waals surface area (Å²) in [6.07, 6.45) is -2.77. The molecule has 31 heavy (non-hydrogen) atoms. The second-order valence-electron chi connectivity index (χ2n) is 8.88. The van der Waals surface area contributed by atoms with Crippen LogP contribution in [-0.2, 0) is 15.0 Å². The van der Waals surface area contributed by atoms with Crippen molar-refractivity contribution < 1.29 is 27.5 Å². The van der Waals surface area contributed by atoms with Crippen LogP contribution >= 0.6 is 15.9 Å². The molecule has 2 amide bonds. The number of piperidine rings is 1. The van der Waals surface area contributed by atoms with Crippen molar-refractivity contribution in [2.75, 3.05) is 26.2 Å². The number of carbonyl (C=O) groups is 2. The molecule has 0 spiro atoms. The smallest absolute Gasteiger partial charge is 0.471 e. The topological polar surface area (TPSA) is 58.6 Å². The van der Waals surface area contributed by atoms with Crippen LogP contribution in [0.5, 0.6) is 5.75 Å². The highest BCUT2D eigenvalue weighted by atomic mass is 79.9. The van der Waals surface area contributed by atoms with E-state index >= 15 is 0 Å². The largest absolute Gasteiger partial charge is 0.492 e. The van der Waals surface area contributed by atoms with E-state index < -0.39 is 12.1 Å². The zero-order chi connectivity index (χ0) is 23.2. The van der Waals surface area contributed by atoms with Crippen LogP contribution in [0.2, 0.25) is 0 Å². The molecule has 1 aromatic rings. The van der Waals surface area contributed by atoms with Crippen LogP contribution in [0, 0.1) is 5.92 Å². The minimum atomic E-state index is -4.86. The van der Waals surface area contributed by atoms with Gasteiger partial charge in [-0.1, -0.05) is 26.8 Å². The Morgan fingerprint density at radius 2 is 1.84 bits per heavy atom. The monoisotopic (exact) mass is 506 g/mol. The third kappa shape index (κ3) is 8.01. The fraction of sp³-hybridized carbons (Fsp3) is 0.636. The molecule has 0 bridgehead atoms. The van der Waals surface area contributed by atoms with Crippen molar-refractivity contribution in [3.8, 4) is 5.75 Å². The first-order valence-corrected chi connectivity index (χ1v) is 11.2. The molecule has 1 fully saturated rings.